The number of pyridine rings is 3. The van der Waals surface area contributed by atoms with Crippen molar-refractivity contribution in [1.29, 1.82) is 0 Å². The molecule has 1 aliphatic carbocycles. The zero-order valence-corrected chi connectivity index (χ0v) is 80.6. The van der Waals surface area contributed by atoms with Gasteiger partial charge in [-0.1, -0.05) is 287 Å². The fraction of sp³-hybridized carbons (Fsp3) is 0.00806. The van der Waals surface area contributed by atoms with Crippen molar-refractivity contribution in [2.24, 2.45) is 0 Å². The zero-order chi connectivity index (χ0) is 93.6. The summed E-state index contributed by atoms with van der Waals surface area (Å²) in [6.07, 6.45) is 6.65. The van der Waals surface area contributed by atoms with E-state index in [2.05, 4.69) is 463 Å². The van der Waals surface area contributed by atoms with E-state index in [0.717, 1.165) is 93.5 Å². The highest BCUT2D eigenvalue weighted by Crippen LogP contribution is 2.45. The highest BCUT2D eigenvalue weighted by molar-refractivity contribution is 14.1. The molecule has 0 fully saturated rings. The first-order valence-corrected chi connectivity index (χ1v) is 49.4. The Morgan fingerprint density at radius 3 is 0.971 bits per heavy atom. The molecule has 0 saturated heterocycles. The van der Waals surface area contributed by atoms with Gasteiger partial charge in [-0.25, -0.2) is 15.0 Å². The standard InChI is InChI=1S/C47H30N4.C29H18BrN3.C24H16N2.C18H14BNO2.C6H4BrI/c1-6-21-41(51-44-24-9-2-16-35(44)36-17-3-10-25-45(36)51)34(15-1)31-13-11-14-32(29-31)49-42-22-7-5-19-38(42)40-30-33(26-27-46(40)49)50-43-23-8-4-18-37(43)39-20-12-28-48-47(39)50;30-19-7-5-8-20(17-19)32-26-12-3-2-10-23(26)25-18-21(14-15-28(25)32)33-27-13-4-1-9-22(27)24-11-6-16-31-29(24)33;1-2-7-19-16(6-1)14-17-11-12-18(15-22(17)19)26-23-10-4-3-8-20(23)21-9-5-13-25-24(21)26;21-19(22)15-9-3-6-12-18(15)20-16-10-4-1-7-13(16)14-8-2-5-11-17(14)20;7-5-2-1-3-6(8)4-5/h1-30H;1-18H;1-13,15H,14H2;1-12,21-22H;1-4H. The van der Waals surface area contributed by atoms with Crippen molar-refractivity contribution in [3.05, 3.63) is 497 Å². The molecule has 29 rings (SSSR count). The van der Waals surface area contributed by atoms with Crippen LogP contribution in [0.2, 0.25) is 0 Å². The van der Waals surface area contributed by atoms with Crippen molar-refractivity contribution in [1.82, 2.24) is 46.9 Å². The molecule has 0 unspecified atom stereocenters. The van der Waals surface area contributed by atoms with E-state index in [-0.39, 0.29) is 0 Å². The largest absolute Gasteiger partial charge is 0.490 e. The molecule has 0 radical (unpaired) electrons. The topological polar surface area (TPSA) is 114 Å². The van der Waals surface area contributed by atoms with E-state index in [4.69, 9.17) is 15.0 Å². The highest BCUT2D eigenvalue weighted by atomic mass is 127. The highest BCUT2D eigenvalue weighted by Gasteiger charge is 2.26. The number of hydrogen-bond donors (Lipinski definition) is 2. The van der Waals surface area contributed by atoms with Crippen LogP contribution in [0.5, 0.6) is 0 Å². The lowest BCUT2D eigenvalue weighted by atomic mass is 9.79. The average Bonchev–Trinajstić information content (AvgIpc) is 1.57. The fourth-order valence-electron chi connectivity index (χ4n) is 21.3. The predicted octanol–water partition coefficient (Wildman–Crippen LogP) is 31.3. The van der Waals surface area contributed by atoms with E-state index in [1.165, 1.54) is 152 Å². The maximum absolute atomic E-state index is 9.69. The Morgan fingerprint density at radius 2 is 0.536 bits per heavy atom. The van der Waals surface area contributed by atoms with Gasteiger partial charge < -0.3 is 28.3 Å². The number of fused-ring (bicyclic) bond motifs is 24. The van der Waals surface area contributed by atoms with Crippen LogP contribution in [-0.2, 0) is 6.42 Å². The van der Waals surface area contributed by atoms with Crippen LogP contribution in [-0.4, -0.2) is 64.1 Å². The maximum Gasteiger partial charge on any atom is 0.490 e. The molecule has 0 bridgehead atoms. The second-order valence-electron chi connectivity index (χ2n) is 35.1. The molecule has 10 aromatic heterocycles. The van der Waals surface area contributed by atoms with Crippen LogP contribution in [0.3, 0.4) is 0 Å². The van der Waals surface area contributed by atoms with Crippen molar-refractivity contribution in [3.63, 3.8) is 0 Å². The molecule has 10 heterocycles. The van der Waals surface area contributed by atoms with E-state index >= 15 is 0 Å². The van der Waals surface area contributed by atoms with E-state index in [0.29, 0.717) is 5.46 Å². The van der Waals surface area contributed by atoms with Gasteiger partial charge in [0, 0.05) is 152 Å². The third kappa shape index (κ3) is 14.8. The molecule has 140 heavy (non-hydrogen) atoms. The average molecular weight is 2040 g/mol. The molecular weight excluding hydrogens is 1960 g/mol. The van der Waals surface area contributed by atoms with Gasteiger partial charge >= 0.3 is 7.12 Å². The minimum absolute atomic E-state index is 0.494. The second-order valence-corrected chi connectivity index (χ2v) is 38.2. The number of rotatable bonds is 9. The molecule has 16 heteroatoms. The lowest BCUT2D eigenvalue weighted by Gasteiger charge is -2.15. The number of hydrogen-bond acceptors (Lipinski definition) is 5. The summed E-state index contributed by atoms with van der Waals surface area (Å²) in [5.74, 6) is 0. The first-order chi connectivity index (χ1) is 69.1. The van der Waals surface area contributed by atoms with Gasteiger partial charge in [0.2, 0.25) is 0 Å². The van der Waals surface area contributed by atoms with Crippen molar-refractivity contribution in [2.75, 3.05) is 0 Å². The lowest BCUT2D eigenvalue weighted by molar-refractivity contribution is 0.425. The molecule has 0 amide bonds. The molecule has 28 aromatic rings. The normalized spacial score (nSPS) is 11.7. The summed E-state index contributed by atoms with van der Waals surface area (Å²) in [4.78, 5) is 14.3. The minimum Gasteiger partial charge on any atom is -0.423 e. The Balaban J connectivity index is 0.000000101. The number of nitrogens with zero attached hydrogens (tertiary/aromatic N) is 10. The third-order valence-corrected chi connectivity index (χ3v) is 28.9. The summed E-state index contributed by atoms with van der Waals surface area (Å²) < 4.78 is 19.6. The second kappa shape index (κ2) is 36.0. The predicted molar refractivity (Wildman–Crippen MR) is 598 cm³/mol. The van der Waals surface area contributed by atoms with E-state index < -0.39 is 7.12 Å². The molecule has 12 nitrogen and oxygen atoms in total. The Labute approximate surface area is 835 Å². The molecule has 664 valence electrons. The van der Waals surface area contributed by atoms with Crippen LogP contribution < -0.4 is 5.46 Å². The Hall–Kier alpha value is -16.3. The lowest BCUT2D eigenvalue weighted by Crippen LogP contribution is -2.33. The smallest absolute Gasteiger partial charge is 0.423 e. The van der Waals surface area contributed by atoms with Crippen LogP contribution in [0.25, 0.3) is 215 Å². The molecule has 0 aliphatic heterocycles. The number of halogens is 3. The summed E-state index contributed by atoms with van der Waals surface area (Å²) in [6, 6.07) is 160. The fourth-order valence-corrected chi connectivity index (χ4v) is 23.0. The van der Waals surface area contributed by atoms with Gasteiger partial charge in [-0.3, -0.25) is 13.7 Å². The van der Waals surface area contributed by atoms with Crippen molar-refractivity contribution < 1.29 is 10.0 Å². The first-order valence-electron chi connectivity index (χ1n) is 46.7. The van der Waals surface area contributed by atoms with Crippen molar-refractivity contribution in [2.45, 2.75) is 6.42 Å². The van der Waals surface area contributed by atoms with Gasteiger partial charge in [0.05, 0.1) is 66.4 Å². The molecular formula is C124H82BBr2IN10O2. The van der Waals surface area contributed by atoms with Crippen LogP contribution >= 0.6 is 54.5 Å². The summed E-state index contributed by atoms with van der Waals surface area (Å²) in [6.45, 7) is 0. The van der Waals surface area contributed by atoms with Crippen LogP contribution in [0.1, 0.15) is 11.1 Å². The number of benzene rings is 18. The van der Waals surface area contributed by atoms with Crippen LogP contribution in [0.15, 0.2) is 483 Å². The summed E-state index contributed by atoms with van der Waals surface area (Å²) in [5.41, 5.74) is 31.7. The number of aromatic nitrogens is 10. The van der Waals surface area contributed by atoms with Gasteiger partial charge in [0.25, 0.3) is 0 Å². The molecule has 0 spiro atoms. The van der Waals surface area contributed by atoms with Crippen LogP contribution in [0.4, 0.5) is 0 Å². The summed E-state index contributed by atoms with van der Waals surface area (Å²) in [5, 5.41) is 36.3. The summed E-state index contributed by atoms with van der Waals surface area (Å²) in [7, 11) is -1.50. The van der Waals surface area contributed by atoms with Crippen molar-refractivity contribution in [3.8, 4) is 62.1 Å². The van der Waals surface area contributed by atoms with E-state index in [1.54, 1.807) is 6.07 Å². The monoisotopic (exact) mass is 2040 g/mol. The van der Waals surface area contributed by atoms with Gasteiger partial charge in [-0.15, -0.1) is 0 Å². The Morgan fingerprint density at radius 1 is 0.221 bits per heavy atom. The zero-order valence-electron chi connectivity index (χ0n) is 75.3. The van der Waals surface area contributed by atoms with Gasteiger partial charge in [-0.05, 0) is 257 Å². The number of para-hydroxylation sites is 11. The molecule has 0 atom stereocenters. The Kier molecular flexibility index (Phi) is 21.9. The van der Waals surface area contributed by atoms with E-state index in [9.17, 15) is 10.0 Å². The van der Waals surface area contributed by atoms with Gasteiger partial charge in [0.1, 0.15) is 16.9 Å². The molecule has 0 saturated carbocycles. The van der Waals surface area contributed by atoms with Gasteiger partial charge in [0.15, 0.2) is 0 Å². The molecule has 2 N–H and O–H groups in total. The van der Waals surface area contributed by atoms with Gasteiger partial charge in [-0.2, -0.15) is 0 Å². The minimum atomic E-state index is -1.50. The van der Waals surface area contributed by atoms with Crippen LogP contribution in [0, 0.1) is 3.57 Å². The summed E-state index contributed by atoms with van der Waals surface area (Å²) >= 11 is 9.27. The molecule has 18 aromatic carbocycles. The third-order valence-electron chi connectivity index (χ3n) is 27.2. The maximum atomic E-state index is 9.69. The Bertz CT molecular complexity index is 9500. The first kappa shape index (κ1) is 85.4. The molecule has 1 aliphatic rings. The van der Waals surface area contributed by atoms with Crippen molar-refractivity contribution >= 4 is 220 Å². The SMILES string of the molecule is Brc1cccc(-n2c3ccccc3c3cc(-n4c5ccccc5c5cccnc54)ccc32)c1.Brc1cccc(I)c1.OB(O)c1ccccc1-n1c2ccccc2c2ccccc21.c1cc(-c2ccccc2-n2c3ccccc3c3ccccc32)cc(-n2c3ccccc3c3cc(-n4c5ccccc5c5cccnc54)ccc32)c1.c1ccc2c(c1)Cc1ccc(-n3c4ccccc4c4cccnc43)cc1-2. The quantitative estimate of drug-likeness (QED) is 0.110. The van der Waals surface area contributed by atoms with E-state index in [1.807, 2.05) is 91.4 Å².